The van der Waals surface area contributed by atoms with Crippen LogP contribution < -0.4 is 14.9 Å². The van der Waals surface area contributed by atoms with Crippen LogP contribution in [0.3, 0.4) is 0 Å². The normalized spacial score (nSPS) is 13.4. The number of phenolic OH excluding ortho intramolecular Hbond substituents is 1. The number of ether oxygens (including phenoxy) is 2. The minimum atomic E-state index is -0.278. The number of furan rings is 1. The summed E-state index contributed by atoms with van der Waals surface area (Å²) in [5.41, 5.74) is 5.72. The first-order valence-electron chi connectivity index (χ1n) is 9.89. The fourth-order valence-electron chi connectivity index (χ4n) is 3.89. The van der Waals surface area contributed by atoms with Gasteiger partial charge in [0.1, 0.15) is 17.1 Å². The van der Waals surface area contributed by atoms with E-state index in [0.717, 1.165) is 53.5 Å². The molecule has 1 heterocycles. The van der Waals surface area contributed by atoms with Crippen LogP contribution in [0.5, 0.6) is 17.2 Å². The zero-order valence-electron chi connectivity index (χ0n) is 17.0. The number of aryl methyl sites for hydroxylation is 2. The van der Waals surface area contributed by atoms with E-state index < -0.39 is 0 Å². The molecule has 0 saturated heterocycles. The molecular weight excluding hydrogens is 384 g/mol. The third kappa shape index (κ3) is 3.83. The number of amides is 1. The van der Waals surface area contributed by atoms with Crippen molar-refractivity contribution in [3.63, 3.8) is 0 Å². The molecule has 0 aliphatic heterocycles. The number of carbonyl (C=O) groups excluding carboxylic acids is 1. The van der Waals surface area contributed by atoms with Gasteiger partial charge in [0.25, 0.3) is 0 Å². The molecule has 0 saturated carbocycles. The molecule has 0 atom stereocenters. The predicted molar refractivity (Wildman–Crippen MR) is 114 cm³/mol. The second-order valence-corrected chi connectivity index (χ2v) is 7.24. The van der Waals surface area contributed by atoms with Crippen LogP contribution in [-0.2, 0) is 24.1 Å². The van der Waals surface area contributed by atoms with Gasteiger partial charge in [-0.05, 0) is 49.1 Å². The number of nitrogens with zero attached hydrogens (tertiary/aromatic N) is 1. The van der Waals surface area contributed by atoms with Gasteiger partial charge in [-0.15, -0.1) is 0 Å². The van der Waals surface area contributed by atoms with E-state index in [-0.39, 0.29) is 18.1 Å². The number of hydrogen-bond donors (Lipinski definition) is 2. The molecule has 3 aromatic rings. The first-order valence-corrected chi connectivity index (χ1v) is 9.89. The molecule has 0 bridgehead atoms. The molecule has 1 aromatic heterocycles. The van der Waals surface area contributed by atoms with E-state index in [2.05, 4.69) is 10.5 Å². The van der Waals surface area contributed by atoms with E-state index in [9.17, 15) is 9.90 Å². The predicted octanol–water partition coefficient (Wildman–Crippen LogP) is 3.73. The lowest BCUT2D eigenvalue weighted by Gasteiger charge is -2.10. The lowest BCUT2D eigenvalue weighted by molar-refractivity contribution is -0.120. The third-order valence-corrected chi connectivity index (χ3v) is 5.33. The summed E-state index contributed by atoms with van der Waals surface area (Å²) in [5, 5.41) is 15.3. The monoisotopic (exact) mass is 408 g/mol. The highest BCUT2D eigenvalue weighted by Gasteiger charge is 2.21. The van der Waals surface area contributed by atoms with E-state index in [0.29, 0.717) is 17.1 Å². The summed E-state index contributed by atoms with van der Waals surface area (Å²) in [6.45, 7) is 0. The first kappa shape index (κ1) is 19.8. The van der Waals surface area contributed by atoms with Crippen molar-refractivity contribution >= 4 is 23.1 Å². The van der Waals surface area contributed by atoms with Crippen molar-refractivity contribution in [2.75, 3.05) is 14.2 Å². The Morgan fingerprint density at radius 1 is 1.17 bits per heavy atom. The number of methoxy groups -OCH3 is 2. The average Bonchev–Trinajstić information content (AvgIpc) is 3.14. The molecule has 0 spiro atoms. The molecule has 4 rings (SSSR count). The Morgan fingerprint density at radius 3 is 2.77 bits per heavy atom. The van der Waals surface area contributed by atoms with Crippen LogP contribution >= 0.6 is 0 Å². The lowest BCUT2D eigenvalue weighted by Crippen LogP contribution is -2.19. The van der Waals surface area contributed by atoms with E-state index in [1.54, 1.807) is 44.6 Å². The molecule has 2 N–H and O–H groups in total. The molecule has 1 amide bonds. The minimum absolute atomic E-state index is 0.106. The average molecular weight is 408 g/mol. The molecule has 0 unspecified atom stereocenters. The number of phenols is 1. The van der Waals surface area contributed by atoms with E-state index in [4.69, 9.17) is 13.9 Å². The molecule has 2 aromatic carbocycles. The van der Waals surface area contributed by atoms with E-state index >= 15 is 0 Å². The van der Waals surface area contributed by atoms with Crippen molar-refractivity contribution in [1.29, 1.82) is 0 Å². The number of benzene rings is 2. The Labute approximate surface area is 174 Å². The summed E-state index contributed by atoms with van der Waals surface area (Å²) in [7, 11) is 3.11. The van der Waals surface area contributed by atoms with Crippen LogP contribution in [0.2, 0.25) is 0 Å². The largest absolute Gasteiger partial charge is 0.507 e. The number of hydrazone groups is 1. The number of nitrogens with one attached hydrogen (secondary N) is 1. The van der Waals surface area contributed by atoms with Gasteiger partial charge in [0.2, 0.25) is 5.91 Å². The zero-order chi connectivity index (χ0) is 21.1. The summed E-state index contributed by atoms with van der Waals surface area (Å²) in [5.74, 6) is 1.97. The Balaban J connectivity index is 1.51. The van der Waals surface area contributed by atoms with Crippen LogP contribution in [0.1, 0.15) is 35.3 Å². The second-order valence-electron chi connectivity index (χ2n) is 7.24. The fraction of sp³-hybridized carbons (Fsp3) is 0.304. The van der Waals surface area contributed by atoms with Gasteiger partial charge in [0.15, 0.2) is 11.5 Å². The van der Waals surface area contributed by atoms with Gasteiger partial charge in [0.05, 0.1) is 26.9 Å². The van der Waals surface area contributed by atoms with Crippen molar-refractivity contribution in [3.05, 3.63) is 52.8 Å². The number of fused-ring (bicyclic) bond motifs is 3. The van der Waals surface area contributed by atoms with Gasteiger partial charge >= 0.3 is 0 Å². The highest BCUT2D eigenvalue weighted by molar-refractivity contribution is 6.03. The Kier molecular flexibility index (Phi) is 5.61. The Hall–Kier alpha value is -3.48. The molecule has 1 aliphatic rings. The van der Waals surface area contributed by atoms with Crippen molar-refractivity contribution in [3.8, 4) is 17.2 Å². The summed E-state index contributed by atoms with van der Waals surface area (Å²) in [6, 6.07) is 8.67. The lowest BCUT2D eigenvalue weighted by atomic mass is 9.94. The second kappa shape index (κ2) is 8.49. The number of rotatable bonds is 6. The van der Waals surface area contributed by atoms with Crippen LogP contribution in [-0.4, -0.2) is 31.4 Å². The molecular formula is C23H24N2O5. The maximum absolute atomic E-state index is 12.3. The van der Waals surface area contributed by atoms with Crippen LogP contribution in [0.25, 0.3) is 11.0 Å². The van der Waals surface area contributed by atoms with Gasteiger partial charge in [-0.25, -0.2) is 5.43 Å². The summed E-state index contributed by atoms with van der Waals surface area (Å²) in [6.07, 6.45) is 5.63. The van der Waals surface area contributed by atoms with E-state index in [1.807, 2.05) is 0 Å². The van der Waals surface area contributed by atoms with Crippen LogP contribution in [0.4, 0.5) is 0 Å². The van der Waals surface area contributed by atoms with E-state index in [1.165, 1.54) is 6.21 Å². The Morgan fingerprint density at radius 2 is 1.97 bits per heavy atom. The molecule has 0 fully saturated rings. The van der Waals surface area contributed by atoms with Gasteiger partial charge in [0, 0.05) is 22.9 Å². The molecule has 7 nitrogen and oxygen atoms in total. The molecule has 7 heteroatoms. The van der Waals surface area contributed by atoms with Gasteiger partial charge < -0.3 is 19.0 Å². The SMILES string of the molecule is COc1ccc(CC(=O)N/N=C/c2c(O)ccc3oc4c(c23)CCCC4)cc1OC. The Bertz CT molecular complexity index is 1120. The topological polar surface area (TPSA) is 93.3 Å². The van der Waals surface area contributed by atoms with Gasteiger partial charge in [-0.3, -0.25) is 4.79 Å². The van der Waals surface area contributed by atoms with Gasteiger partial charge in [-0.1, -0.05) is 6.07 Å². The van der Waals surface area contributed by atoms with Crippen molar-refractivity contribution in [2.24, 2.45) is 5.10 Å². The van der Waals surface area contributed by atoms with Crippen molar-refractivity contribution in [1.82, 2.24) is 5.43 Å². The maximum atomic E-state index is 12.3. The van der Waals surface area contributed by atoms with Gasteiger partial charge in [-0.2, -0.15) is 5.10 Å². The minimum Gasteiger partial charge on any atom is -0.507 e. The smallest absolute Gasteiger partial charge is 0.244 e. The zero-order valence-corrected chi connectivity index (χ0v) is 17.0. The fourth-order valence-corrected chi connectivity index (χ4v) is 3.89. The van der Waals surface area contributed by atoms with Crippen molar-refractivity contribution in [2.45, 2.75) is 32.1 Å². The third-order valence-electron chi connectivity index (χ3n) is 5.33. The maximum Gasteiger partial charge on any atom is 0.244 e. The standard InChI is InChI=1S/C23H24N2O5/c1-28-19-9-7-14(11-21(19)29-2)12-22(27)25-24-13-16-17(26)8-10-20-23(16)15-5-3-4-6-18(15)30-20/h7-11,13,26H,3-6,12H2,1-2H3,(H,25,27)/b24-13+. The van der Waals surface area contributed by atoms with Crippen LogP contribution in [0, 0.1) is 0 Å². The number of carbonyl (C=O) groups is 1. The summed E-state index contributed by atoms with van der Waals surface area (Å²) >= 11 is 0. The number of hydrogen-bond acceptors (Lipinski definition) is 6. The molecule has 30 heavy (non-hydrogen) atoms. The summed E-state index contributed by atoms with van der Waals surface area (Å²) in [4.78, 5) is 12.3. The summed E-state index contributed by atoms with van der Waals surface area (Å²) < 4.78 is 16.4. The molecule has 1 aliphatic carbocycles. The molecule has 156 valence electrons. The number of aromatic hydroxyl groups is 1. The van der Waals surface area contributed by atoms with Crippen molar-refractivity contribution < 1.29 is 23.8 Å². The quantitative estimate of drug-likeness (QED) is 0.479. The highest BCUT2D eigenvalue weighted by atomic mass is 16.5. The molecule has 0 radical (unpaired) electrons. The first-order chi connectivity index (χ1) is 14.6. The van der Waals surface area contributed by atoms with Crippen LogP contribution in [0.15, 0.2) is 39.9 Å². The highest BCUT2D eigenvalue weighted by Crippen LogP contribution is 2.36.